The first kappa shape index (κ1) is 18.1. The third kappa shape index (κ3) is 3.60. The zero-order valence-corrected chi connectivity index (χ0v) is 16.0. The maximum absolute atomic E-state index is 12.7. The van der Waals surface area contributed by atoms with Crippen LogP contribution in [0.15, 0.2) is 51.4 Å². The molecule has 2 aromatic heterocycles. The number of rotatable bonds is 5. The molecule has 0 aliphatic carbocycles. The summed E-state index contributed by atoms with van der Waals surface area (Å²) in [5.41, 5.74) is 0.411. The lowest BCUT2D eigenvalue weighted by Gasteiger charge is -2.21. The molecule has 2 aliphatic heterocycles. The standard InChI is InChI=1S/C17H18N4O4S2/c22-16(19-11-13-3-1-6-18-10-13)14-9-17(25-20-14)5-7-21(12-17)27(23,24)15-4-2-8-26-15/h1-4,6,8,10H,5,7,9,11-12H2,(H,19,22). The van der Waals surface area contributed by atoms with Gasteiger partial charge < -0.3 is 10.2 Å². The summed E-state index contributed by atoms with van der Waals surface area (Å²) < 4.78 is 27.1. The summed E-state index contributed by atoms with van der Waals surface area (Å²) in [4.78, 5) is 21.9. The van der Waals surface area contributed by atoms with Crippen LogP contribution in [-0.2, 0) is 26.2 Å². The van der Waals surface area contributed by atoms with Gasteiger partial charge >= 0.3 is 0 Å². The van der Waals surface area contributed by atoms with E-state index in [-0.39, 0.29) is 18.2 Å². The lowest BCUT2D eigenvalue weighted by Crippen LogP contribution is -2.38. The van der Waals surface area contributed by atoms with E-state index >= 15 is 0 Å². The Bertz CT molecular complexity index is 960. The highest BCUT2D eigenvalue weighted by molar-refractivity contribution is 7.91. The second kappa shape index (κ2) is 7.02. The number of oxime groups is 1. The van der Waals surface area contributed by atoms with Crippen molar-refractivity contribution in [2.24, 2.45) is 5.16 Å². The second-order valence-electron chi connectivity index (χ2n) is 6.55. The first-order valence-corrected chi connectivity index (χ1v) is 10.8. The van der Waals surface area contributed by atoms with Crippen LogP contribution < -0.4 is 5.32 Å². The van der Waals surface area contributed by atoms with Crippen LogP contribution in [0.1, 0.15) is 18.4 Å². The van der Waals surface area contributed by atoms with Gasteiger partial charge in [-0.05, 0) is 23.1 Å². The molecule has 1 saturated heterocycles. The van der Waals surface area contributed by atoms with Gasteiger partial charge in [0.25, 0.3) is 15.9 Å². The monoisotopic (exact) mass is 406 g/mol. The molecule has 4 rings (SSSR count). The predicted molar refractivity (Wildman–Crippen MR) is 99.6 cm³/mol. The average Bonchev–Trinajstić information content (AvgIpc) is 3.43. The van der Waals surface area contributed by atoms with Crippen molar-refractivity contribution < 1.29 is 18.0 Å². The molecule has 1 amide bonds. The number of hydrogen-bond donors (Lipinski definition) is 1. The number of carbonyl (C=O) groups is 1. The minimum Gasteiger partial charge on any atom is -0.387 e. The maximum atomic E-state index is 12.7. The van der Waals surface area contributed by atoms with Crippen LogP contribution in [0.5, 0.6) is 0 Å². The van der Waals surface area contributed by atoms with E-state index in [1.807, 2.05) is 6.07 Å². The molecule has 4 heterocycles. The topological polar surface area (TPSA) is 101 Å². The first-order valence-electron chi connectivity index (χ1n) is 8.44. The number of sulfonamides is 1. The van der Waals surface area contributed by atoms with Gasteiger partial charge in [-0.15, -0.1) is 11.3 Å². The van der Waals surface area contributed by atoms with Gasteiger partial charge in [-0.3, -0.25) is 9.78 Å². The highest BCUT2D eigenvalue weighted by Gasteiger charge is 2.49. The van der Waals surface area contributed by atoms with Crippen molar-refractivity contribution >= 4 is 33.0 Å². The van der Waals surface area contributed by atoms with E-state index in [9.17, 15) is 13.2 Å². The summed E-state index contributed by atoms with van der Waals surface area (Å²) in [5, 5.41) is 8.46. The Morgan fingerprint density at radius 3 is 3.00 bits per heavy atom. The Morgan fingerprint density at radius 1 is 1.37 bits per heavy atom. The number of hydrogen-bond acceptors (Lipinski definition) is 7. The summed E-state index contributed by atoms with van der Waals surface area (Å²) >= 11 is 1.19. The molecule has 1 atom stereocenters. The number of amides is 1. The lowest BCUT2D eigenvalue weighted by atomic mass is 9.96. The predicted octanol–water partition coefficient (Wildman–Crippen LogP) is 1.37. The molecule has 142 valence electrons. The summed E-state index contributed by atoms with van der Waals surface area (Å²) in [5.74, 6) is -0.310. The molecule has 8 nitrogen and oxygen atoms in total. The van der Waals surface area contributed by atoms with Crippen molar-refractivity contribution in [2.45, 2.75) is 29.2 Å². The van der Waals surface area contributed by atoms with Crippen LogP contribution in [0.25, 0.3) is 0 Å². The van der Waals surface area contributed by atoms with Crippen molar-refractivity contribution in [2.75, 3.05) is 13.1 Å². The van der Waals surface area contributed by atoms with Crippen LogP contribution in [0.4, 0.5) is 0 Å². The van der Waals surface area contributed by atoms with E-state index < -0.39 is 15.6 Å². The number of nitrogens with one attached hydrogen (secondary N) is 1. The summed E-state index contributed by atoms with van der Waals surface area (Å²) in [6.45, 7) is 0.883. The fourth-order valence-electron chi connectivity index (χ4n) is 3.20. The third-order valence-corrected chi connectivity index (χ3v) is 7.87. The minimum absolute atomic E-state index is 0.191. The smallest absolute Gasteiger partial charge is 0.269 e. The molecule has 2 aliphatic rings. The summed E-state index contributed by atoms with van der Waals surface area (Å²) in [7, 11) is -3.53. The van der Waals surface area contributed by atoms with Crippen molar-refractivity contribution in [1.29, 1.82) is 0 Å². The molecule has 27 heavy (non-hydrogen) atoms. The molecule has 1 unspecified atom stereocenters. The molecular weight excluding hydrogens is 388 g/mol. The van der Waals surface area contributed by atoms with Crippen molar-refractivity contribution in [3.05, 3.63) is 47.6 Å². The lowest BCUT2D eigenvalue weighted by molar-refractivity contribution is -0.115. The highest BCUT2D eigenvalue weighted by Crippen LogP contribution is 2.37. The molecule has 0 aromatic carbocycles. The highest BCUT2D eigenvalue weighted by atomic mass is 32.2. The van der Waals surface area contributed by atoms with Crippen LogP contribution in [-0.4, -0.2) is 48.0 Å². The Hall–Kier alpha value is -2.30. The quantitative estimate of drug-likeness (QED) is 0.808. The summed E-state index contributed by atoms with van der Waals surface area (Å²) in [6, 6.07) is 6.97. The fraction of sp³-hybridized carbons (Fsp3) is 0.353. The molecule has 0 saturated carbocycles. The average molecular weight is 406 g/mol. The molecule has 1 spiro atoms. The van der Waals surface area contributed by atoms with Gasteiger partial charge in [0.15, 0.2) is 5.60 Å². The van der Waals surface area contributed by atoms with E-state index in [1.54, 1.807) is 36.0 Å². The third-order valence-electron chi connectivity index (χ3n) is 4.65. The van der Waals surface area contributed by atoms with Gasteiger partial charge in [-0.1, -0.05) is 17.3 Å². The SMILES string of the molecule is O=C(NCc1cccnc1)C1=NOC2(CCN(S(=O)(=O)c3cccs3)C2)C1. The number of carbonyl (C=O) groups excluding carboxylic acids is 1. The second-order valence-corrected chi connectivity index (χ2v) is 9.67. The van der Waals surface area contributed by atoms with Gasteiger partial charge in [-0.2, -0.15) is 4.31 Å². The van der Waals surface area contributed by atoms with Crippen molar-refractivity contribution in [3.8, 4) is 0 Å². The van der Waals surface area contributed by atoms with Gasteiger partial charge in [0.1, 0.15) is 9.92 Å². The Labute approximate surface area is 160 Å². The van der Waals surface area contributed by atoms with Crippen LogP contribution in [0.2, 0.25) is 0 Å². The Morgan fingerprint density at radius 2 is 2.26 bits per heavy atom. The Balaban J connectivity index is 1.37. The van der Waals surface area contributed by atoms with E-state index in [2.05, 4.69) is 15.5 Å². The molecule has 0 bridgehead atoms. The Kier molecular flexibility index (Phi) is 4.70. The van der Waals surface area contributed by atoms with Crippen molar-refractivity contribution in [3.63, 3.8) is 0 Å². The fourth-order valence-corrected chi connectivity index (χ4v) is 5.86. The number of aromatic nitrogens is 1. The van der Waals surface area contributed by atoms with Crippen LogP contribution in [0, 0.1) is 0 Å². The summed E-state index contributed by atoms with van der Waals surface area (Å²) in [6.07, 6.45) is 4.14. The van der Waals surface area contributed by atoms with Gasteiger partial charge in [0, 0.05) is 38.3 Å². The molecule has 0 radical (unpaired) electrons. The first-order chi connectivity index (χ1) is 13.0. The molecule has 2 aromatic rings. The number of pyridine rings is 1. The van der Waals surface area contributed by atoms with Crippen LogP contribution in [0.3, 0.4) is 0 Å². The van der Waals surface area contributed by atoms with E-state index in [0.29, 0.717) is 30.1 Å². The van der Waals surface area contributed by atoms with Crippen molar-refractivity contribution in [1.82, 2.24) is 14.6 Å². The van der Waals surface area contributed by atoms with Gasteiger partial charge in [0.2, 0.25) is 0 Å². The van der Waals surface area contributed by atoms with E-state index in [1.165, 1.54) is 15.6 Å². The number of nitrogens with zero attached hydrogens (tertiary/aromatic N) is 3. The van der Waals surface area contributed by atoms with Crippen LogP contribution >= 0.6 is 11.3 Å². The van der Waals surface area contributed by atoms with E-state index in [0.717, 1.165) is 5.56 Å². The maximum Gasteiger partial charge on any atom is 0.269 e. The van der Waals surface area contributed by atoms with Gasteiger partial charge in [-0.25, -0.2) is 8.42 Å². The molecular formula is C17H18N4O4S2. The number of thiophene rings is 1. The largest absolute Gasteiger partial charge is 0.387 e. The molecule has 1 fully saturated rings. The minimum atomic E-state index is -3.53. The zero-order valence-electron chi connectivity index (χ0n) is 14.4. The van der Waals surface area contributed by atoms with E-state index in [4.69, 9.17) is 4.84 Å². The zero-order chi connectivity index (χ0) is 18.9. The normalized spacial score (nSPS) is 22.6. The van der Waals surface area contributed by atoms with Gasteiger partial charge in [0.05, 0.1) is 6.54 Å². The molecule has 1 N–H and O–H groups in total. The molecule has 10 heteroatoms.